The molecule has 108 valence electrons. The molecule has 0 aliphatic carbocycles. The molecule has 2 aliphatic heterocycles. The number of fused-ring (bicyclic) bond motifs is 1. The molecule has 1 saturated heterocycles. The van der Waals surface area contributed by atoms with Crippen LogP contribution in [0.1, 0.15) is 30.1 Å². The topological polar surface area (TPSA) is 34.6 Å². The van der Waals surface area contributed by atoms with E-state index in [-0.39, 0.29) is 0 Å². The van der Waals surface area contributed by atoms with Crippen LogP contribution in [0.5, 0.6) is 11.5 Å². The lowest BCUT2D eigenvalue weighted by Gasteiger charge is -2.27. The van der Waals surface area contributed by atoms with E-state index in [0.29, 0.717) is 12.8 Å². The Kier molecular flexibility index (Phi) is 2.95. The van der Waals surface area contributed by atoms with Crippen molar-refractivity contribution in [1.82, 2.24) is 4.98 Å². The zero-order valence-electron chi connectivity index (χ0n) is 12.1. The Labute approximate surface area is 124 Å². The van der Waals surface area contributed by atoms with Crippen LogP contribution in [0.15, 0.2) is 36.5 Å². The van der Waals surface area contributed by atoms with Crippen molar-refractivity contribution >= 4 is 5.69 Å². The van der Waals surface area contributed by atoms with Crippen molar-refractivity contribution in [3.63, 3.8) is 0 Å². The highest BCUT2D eigenvalue weighted by Crippen LogP contribution is 2.40. The summed E-state index contributed by atoms with van der Waals surface area (Å²) >= 11 is 0. The highest BCUT2D eigenvalue weighted by atomic mass is 16.7. The van der Waals surface area contributed by atoms with Crippen molar-refractivity contribution in [3.05, 3.63) is 47.8 Å². The lowest BCUT2D eigenvalue weighted by molar-refractivity contribution is 0.174. The van der Waals surface area contributed by atoms with Crippen LogP contribution in [0.3, 0.4) is 0 Å². The fourth-order valence-electron chi connectivity index (χ4n) is 3.25. The first kappa shape index (κ1) is 12.5. The highest BCUT2D eigenvalue weighted by Gasteiger charge is 2.27. The molecule has 0 radical (unpaired) electrons. The van der Waals surface area contributed by atoms with Gasteiger partial charge in [-0.1, -0.05) is 6.07 Å². The number of ether oxygens (including phenoxy) is 2. The molecule has 2 aromatic rings. The minimum atomic E-state index is 0.330. The first-order chi connectivity index (χ1) is 10.3. The van der Waals surface area contributed by atoms with Crippen LogP contribution in [0, 0.1) is 6.92 Å². The second-order valence-electron chi connectivity index (χ2n) is 5.62. The summed E-state index contributed by atoms with van der Waals surface area (Å²) in [4.78, 5) is 6.76. The molecule has 3 heterocycles. The van der Waals surface area contributed by atoms with Crippen LogP contribution in [0.4, 0.5) is 5.69 Å². The van der Waals surface area contributed by atoms with Gasteiger partial charge in [0.2, 0.25) is 6.79 Å². The monoisotopic (exact) mass is 282 g/mol. The summed E-state index contributed by atoms with van der Waals surface area (Å²) in [6, 6.07) is 11.0. The number of pyridine rings is 1. The van der Waals surface area contributed by atoms with Crippen molar-refractivity contribution in [1.29, 1.82) is 0 Å². The van der Waals surface area contributed by atoms with Crippen molar-refractivity contribution in [2.45, 2.75) is 25.8 Å². The first-order valence-corrected chi connectivity index (χ1v) is 7.40. The molecule has 1 unspecified atom stereocenters. The zero-order chi connectivity index (χ0) is 14.2. The fraction of sp³-hybridized carbons (Fsp3) is 0.353. The third kappa shape index (κ3) is 2.20. The van der Waals surface area contributed by atoms with Crippen LogP contribution in [0.2, 0.25) is 0 Å². The number of rotatable bonds is 2. The molecule has 0 saturated carbocycles. The summed E-state index contributed by atoms with van der Waals surface area (Å²) in [5.74, 6) is 1.72. The second kappa shape index (κ2) is 4.95. The van der Waals surface area contributed by atoms with E-state index >= 15 is 0 Å². The van der Waals surface area contributed by atoms with Gasteiger partial charge in [0.25, 0.3) is 0 Å². The number of anilines is 1. The first-order valence-electron chi connectivity index (χ1n) is 7.40. The Morgan fingerprint density at radius 2 is 2.05 bits per heavy atom. The summed E-state index contributed by atoms with van der Waals surface area (Å²) in [5.41, 5.74) is 3.61. The molecule has 1 fully saturated rings. The van der Waals surface area contributed by atoms with Crippen LogP contribution in [-0.4, -0.2) is 18.3 Å². The predicted molar refractivity (Wildman–Crippen MR) is 80.9 cm³/mol. The molecule has 0 spiro atoms. The van der Waals surface area contributed by atoms with E-state index in [2.05, 4.69) is 34.1 Å². The molecule has 0 N–H and O–H groups in total. The smallest absolute Gasteiger partial charge is 0.231 e. The average molecular weight is 282 g/mol. The molecule has 0 amide bonds. The van der Waals surface area contributed by atoms with Gasteiger partial charge < -0.3 is 14.4 Å². The minimum Gasteiger partial charge on any atom is -0.454 e. The van der Waals surface area contributed by atoms with E-state index in [1.807, 2.05) is 19.2 Å². The summed E-state index contributed by atoms with van der Waals surface area (Å²) < 4.78 is 10.9. The number of nitrogens with zero attached hydrogens (tertiary/aromatic N) is 2. The quantitative estimate of drug-likeness (QED) is 0.845. The molecule has 0 bridgehead atoms. The molecule has 4 nitrogen and oxygen atoms in total. The molecule has 1 aromatic carbocycles. The molecule has 4 rings (SSSR count). The molecule has 2 aliphatic rings. The maximum Gasteiger partial charge on any atom is 0.231 e. The standard InChI is InChI=1S/C17H18N2O2/c1-12-9-14(6-7-18-12)19-8-2-3-15(19)13-4-5-16-17(10-13)21-11-20-16/h4-7,9-10,15H,2-3,8,11H2,1H3. The third-order valence-electron chi connectivity index (χ3n) is 4.25. The van der Waals surface area contributed by atoms with Crippen LogP contribution in [-0.2, 0) is 0 Å². The summed E-state index contributed by atoms with van der Waals surface area (Å²) in [6.45, 7) is 3.45. The maximum absolute atomic E-state index is 5.51. The van der Waals surface area contributed by atoms with Gasteiger partial charge in [-0.05, 0) is 49.6 Å². The van der Waals surface area contributed by atoms with Crippen molar-refractivity contribution < 1.29 is 9.47 Å². The molecule has 4 heteroatoms. The molecule has 1 aromatic heterocycles. The van der Waals surface area contributed by atoms with Gasteiger partial charge in [0.1, 0.15) is 0 Å². The van der Waals surface area contributed by atoms with Gasteiger partial charge in [0.05, 0.1) is 6.04 Å². The molecular weight excluding hydrogens is 264 g/mol. The predicted octanol–water partition coefficient (Wildman–Crippen LogP) is 3.46. The Morgan fingerprint density at radius 1 is 1.14 bits per heavy atom. The Hall–Kier alpha value is -2.23. The van der Waals surface area contributed by atoms with Gasteiger partial charge in [-0.2, -0.15) is 0 Å². The Morgan fingerprint density at radius 3 is 2.95 bits per heavy atom. The van der Waals surface area contributed by atoms with Gasteiger partial charge in [0, 0.05) is 24.1 Å². The van der Waals surface area contributed by atoms with Gasteiger partial charge in [-0.3, -0.25) is 4.98 Å². The largest absolute Gasteiger partial charge is 0.454 e. The molecule has 1 atom stereocenters. The Bertz CT molecular complexity index is 672. The van der Waals surface area contributed by atoms with Crippen LogP contribution < -0.4 is 14.4 Å². The van der Waals surface area contributed by atoms with Crippen molar-refractivity contribution in [2.24, 2.45) is 0 Å². The summed E-state index contributed by atoms with van der Waals surface area (Å²) in [5, 5.41) is 0. The van der Waals surface area contributed by atoms with E-state index in [4.69, 9.17) is 9.47 Å². The van der Waals surface area contributed by atoms with Gasteiger partial charge in [-0.25, -0.2) is 0 Å². The van der Waals surface area contributed by atoms with Crippen molar-refractivity contribution in [2.75, 3.05) is 18.2 Å². The number of aryl methyl sites for hydroxylation is 1. The van der Waals surface area contributed by atoms with Crippen LogP contribution >= 0.6 is 0 Å². The third-order valence-corrected chi connectivity index (χ3v) is 4.25. The summed E-state index contributed by atoms with van der Waals surface area (Å²) in [6.07, 6.45) is 4.27. The van der Waals surface area contributed by atoms with E-state index in [1.165, 1.54) is 24.1 Å². The van der Waals surface area contributed by atoms with E-state index in [9.17, 15) is 0 Å². The summed E-state index contributed by atoms with van der Waals surface area (Å²) in [7, 11) is 0. The highest BCUT2D eigenvalue weighted by molar-refractivity contribution is 5.52. The zero-order valence-corrected chi connectivity index (χ0v) is 12.1. The van der Waals surface area contributed by atoms with Gasteiger partial charge in [0.15, 0.2) is 11.5 Å². The van der Waals surface area contributed by atoms with Crippen molar-refractivity contribution in [3.8, 4) is 11.5 Å². The number of hydrogen-bond acceptors (Lipinski definition) is 4. The second-order valence-corrected chi connectivity index (χ2v) is 5.62. The lowest BCUT2D eigenvalue weighted by Crippen LogP contribution is -2.22. The van der Waals surface area contributed by atoms with E-state index in [1.54, 1.807) is 0 Å². The number of benzene rings is 1. The van der Waals surface area contributed by atoms with Gasteiger partial charge in [-0.15, -0.1) is 0 Å². The lowest BCUT2D eigenvalue weighted by atomic mass is 10.0. The van der Waals surface area contributed by atoms with E-state index < -0.39 is 0 Å². The van der Waals surface area contributed by atoms with E-state index in [0.717, 1.165) is 23.7 Å². The Balaban J connectivity index is 1.67. The SMILES string of the molecule is Cc1cc(N2CCCC2c2ccc3c(c2)OCO3)ccn1. The fourth-order valence-corrected chi connectivity index (χ4v) is 3.25. The van der Waals surface area contributed by atoms with Gasteiger partial charge >= 0.3 is 0 Å². The average Bonchev–Trinajstić information content (AvgIpc) is 3.15. The minimum absolute atomic E-state index is 0.330. The maximum atomic E-state index is 5.51. The number of aromatic nitrogens is 1. The van der Waals surface area contributed by atoms with Crippen LogP contribution in [0.25, 0.3) is 0 Å². The number of hydrogen-bond donors (Lipinski definition) is 0. The normalized spacial score (nSPS) is 20.0. The molecular formula is C17H18N2O2. The molecule has 21 heavy (non-hydrogen) atoms.